The molecule has 90 valence electrons. The molecule has 1 atom stereocenters. The highest BCUT2D eigenvalue weighted by Gasteiger charge is 2.30. The van der Waals surface area contributed by atoms with E-state index in [4.69, 9.17) is 22.1 Å². The van der Waals surface area contributed by atoms with Crippen molar-refractivity contribution in [3.05, 3.63) is 28.8 Å². The predicted octanol–water partition coefficient (Wildman–Crippen LogP) is 1.39. The summed E-state index contributed by atoms with van der Waals surface area (Å²) in [6.45, 7) is 0.277. The van der Waals surface area contributed by atoms with Crippen LogP contribution in [0.15, 0.2) is 18.2 Å². The minimum atomic E-state index is -0.820. The molecule has 1 saturated heterocycles. The first kappa shape index (κ1) is 11.7. The summed E-state index contributed by atoms with van der Waals surface area (Å²) in [6, 6.07) is 4.40. The second-order valence-corrected chi connectivity index (χ2v) is 3.99. The molecule has 0 spiro atoms. The third-order valence-electron chi connectivity index (χ3n) is 2.37. The lowest BCUT2D eigenvalue weighted by atomic mass is 10.2. The zero-order valence-corrected chi connectivity index (χ0v) is 9.57. The summed E-state index contributed by atoms with van der Waals surface area (Å²) < 4.78 is 9.68. The van der Waals surface area contributed by atoms with Gasteiger partial charge in [-0.2, -0.15) is 0 Å². The van der Waals surface area contributed by atoms with Crippen LogP contribution < -0.4 is 5.73 Å². The third kappa shape index (κ3) is 2.50. The van der Waals surface area contributed by atoms with Crippen LogP contribution in [-0.2, 0) is 14.3 Å². The molecule has 1 aromatic carbocycles. The van der Waals surface area contributed by atoms with E-state index in [2.05, 4.69) is 4.74 Å². The molecule has 1 aromatic rings. The van der Waals surface area contributed by atoms with Gasteiger partial charge in [-0.15, -0.1) is 0 Å². The summed E-state index contributed by atoms with van der Waals surface area (Å²) >= 11 is 5.73. The number of ether oxygens (including phenoxy) is 2. The molecule has 0 radical (unpaired) electrons. The van der Waals surface area contributed by atoms with Gasteiger partial charge in [0.25, 0.3) is 0 Å². The minimum absolute atomic E-state index is 0.256. The summed E-state index contributed by atoms with van der Waals surface area (Å²) in [4.78, 5) is 22.8. The average Bonchev–Trinajstić information content (AvgIpc) is 2.68. The van der Waals surface area contributed by atoms with Crippen LogP contribution in [-0.4, -0.2) is 24.6 Å². The second kappa shape index (κ2) is 4.63. The maximum atomic E-state index is 11.7. The van der Waals surface area contributed by atoms with Gasteiger partial charge < -0.3 is 15.2 Å². The van der Waals surface area contributed by atoms with E-state index in [1.54, 1.807) is 0 Å². The number of nitrogens with two attached hydrogens (primary N) is 1. The molecule has 0 bridgehead atoms. The Morgan fingerprint density at radius 2 is 2.29 bits per heavy atom. The van der Waals surface area contributed by atoms with Crippen molar-refractivity contribution in [2.24, 2.45) is 0 Å². The molecule has 0 amide bonds. The largest absolute Gasteiger partial charge is 0.463 e. The number of nitrogen functional groups attached to an aromatic ring is 1. The molecule has 0 aromatic heterocycles. The number of benzene rings is 1. The van der Waals surface area contributed by atoms with Crippen molar-refractivity contribution in [2.45, 2.75) is 12.5 Å². The molecule has 1 aliphatic heterocycles. The Morgan fingerprint density at radius 3 is 2.88 bits per heavy atom. The first-order chi connectivity index (χ1) is 8.08. The zero-order chi connectivity index (χ0) is 12.4. The van der Waals surface area contributed by atoms with Gasteiger partial charge >= 0.3 is 11.9 Å². The third-order valence-corrected chi connectivity index (χ3v) is 2.71. The number of anilines is 1. The number of rotatable bonds is 2. The van der Waals surface area contributed by atoms with Gasteiger partial charge in [0.15, 0.2) is 0 Å². The normalized spacial score (nSPS) is 18.9. The summed E-state index contributed by atoms with van der Waals surface area (Å²) in [6.07, 6.45) is -0.437. The number of cyclic esters (lactones) is 1. The molecule has 5 nitrogen and oxygen atoms in total. The maximum Gasteiger partial charge on any atom is 0.347 e. The molecule has 2 rings (SSSR count). The number of carbonyl (C=O) groups is 2. The van der Waals surface area contributed by atoms with Crippen molar-refractivity contribution in [1.29, 1.82) is 0 Å². The SMILES string of the molecule is Nc1cc(C(=O)OC2CCOC2=O)ccc1Cl. The van der Waals surface area contributed by atoms with Gasteiger partial charge in [0.2, 0.25) is 6.10 Å². The van der Waals surface area contributed by atoms with Crippen molar-refractivity contribution >= 4 is 29.2 Å². The van der Waals surface area contributed by atoms with Crippen LogP contribution in [0.2, 0.25) is 5.02 Å². The van der Waals surface area contributed by atoms with Crippen LogP contribution >= 0.6 is 11.6 Å². The fourth-order valence-electron chi connectivity index (χ4n) is 1.45. The lowest BCUT2D eigenvalue weighted by Crippen LogP contribution is -2.22. The molecule has 1 heterocycles. The lowest BCUT2D eigenvalue weighted by molar-refractivity contribution is -0.145. The second-order valence-electron chi connectivity index (χ2n) is 3.59. The fourth-order valence-corrected chi connectivity index (χ4v) is 1.57. The maximum absolute atomic E-state index is 11.7. The van der Waals surface area contributed by atoms with Gasteiger partial charge in [-0.05, 0) is 18.2 Å². The van der Waals surface area contributed by atoms with E-state index in [1.807, 2.05) is 0 Å². The van der Waals surface area contributed by atoms with Crippen molar-refractivity contribution in [2.75, 3.05) is 12.3 Å². The number of carbonyl (C=O) groups excluding carboxylic acids is 2. The Kier molecular flexibility index (Phi) is 3.19. The molecule has 17 heavy (non-hydrogen) atoms. The summed E-state index contributed by atoms with van der Waals surface area (Å²) in [5.74, 6) is -1.13. The topological polar surface area (TPSA) is 78.6 Å². The van der Waals surface area contributed by atoms with Crippen molar-refractivity contribution in [3.63, 3.8) is 0 Å². The van der Waals surface area contributed by atoms with E-state index in [0.717, 1.165) is 0 Å². The highest BCUT2D eigenvalue weighted by molar-refractivity contribution is 6.33. The quantitative estimate of drug-likeness (QED) is 0.638. The molecule has 0 saturated carbocycles. The Balaban J connectivity index is 2.09. The number of esters is 2. The molecule has 1 aliphatic rings. The fraction of sp³-hybridized carbons (Fsp3) is 0.273. The van der Waals surface area contributed by atoms with Gasteiger partial charge in [0, 0.05) is 6.42 Å². The van der Waals surface area contributed by atoms with E-state index >= 15 is 0 Å². The Labute approximate surface area is 102 Å². The van der Waals surface area contributed by atoms with Gasteiger partial charge in [0.1, 0.15) is 0 Å². The van der Waals surface area contributed by atoms with Crippen molar-refractivity contribution < 1.29 is 19.1 Å². The van der Waals surface area contributed by atoms with E-state index in [1.165, 1.54) is 18.2 Å². The Morgan fingerprint density at radius 1 is 1.53 bits per heavy atom. The van der Waals surface area contributed by atoms with E-state index in [0.29, 0.717) is 11.4 Å². The van der Waals surface area contributed by atoms with Crippen LogP contribution in [0.3, 0.4) is 0 Å². The van der Waals surface area contributed by atoms with Gasteiger partial charge in [-0.3, -0.25) is 0 Å². The summed E-state index contributed by atoms with van der Waals surface area (Å²) in [5.41, 5.74) is 6.11. The van der Waals surface area contributed by atoms with Crippen LogP contribution in [0.4, 0.5) is 5.69 Å². The Hall–Kier alpha value is -1.75. The molecular weight excluding hydrogens is 246 g/mol. The zero-order valence-electron chi connectivity index (χ0n) is 8.81. The van der Waals surface area contributed by atoms with E-state index in [-0.39, 0.29) is 17.9 Å². The predicted molar refractivity (Wildman–Crippen MR) is 60.6 cm³/mol. The number of hydrogen-bond donors (Lipinski definition) is 1. The minimum Gasteiger partial charge on any atom is -0.463 e. The van der Waals surface area contributed by atoms with E-state index < -0.39 is 18.0 Å². The van der Waals surface area contributed by atoms with Crippen LogP contribution in [0.1, 0.15) is 16.8 Å². The highest BCUT2D eigenvalue weighted by Crippen LogP contribution is 2.21. The van der Waals surface area contributed by atoms with E-state index in [9.17, 15) is 9.59 Å². The monoisotopic (exact) mass is 255 g/mol. The average molecular weight is 256 g/mol. The Bertz CT molecular complexity index is 475. The van der Waals surface area contributed by atoms with Crippen molar-refractivity contribution in [3.8, 4) is 0 Å². The van der Waals surface area contributed by atoms with Crippen LogP contribution in [0.25, 0.3) is 0 Å². The van der Waals surface area contributed by atoms with Crippen molar-refractivity contribution in [1.82, 2.24) is 0 Å². The first-order valence-corrected chi connectivity index (χ1v) is 5.38. The van der Waals surface area contributed by atoms with Gasteiger partial charge in [-0.25, -0.2) is 9.59 Å². The smallest absolute Gasteiger partial charge is 0.347 e. The van der Waals surface area contributed by atoms with Crippen LogP contribution in [0.5, 0.6) is 0 Å². The number of halogens is 1. The van der Waals surface area contributed by atoms with Gasteiger partial charge in [0.05, 0.1) is 22.9 Å². The highest BCUT2D eigenvalue weighted by atomic mass is 35.5. The van der Waals surface area contributed by atoms with Gasteiger partial charge in [-0.1, -0.05) is 11.6 Å². The molecule has 1 unspecified atom stereocenters. The van der Waals surface area contributed by atoms with Crippen LogP contribution in [0, 0.1) is 0 Å². The molecule has 6 heteroatoms. The summed E-state index contributed by atoms with van der Waals surface area (Å²) in [5, 5.41) is 0.363. The lowest BCUT2D eigenvalue weighted by Gasteiger charge is -2.08. The molecule has 2 N–H and O–H groups in total. The summed E-state index contributed by atoms with van der Waals surface area (Å²) in [7, 11) is 0. The standard InChI is InChI=1S/C11H10ClNO4/c12-7-2-1-6(5-8(7)13)10(14)17-9-3-4-16-11(9)15/h1-2,5,9H,3-4,13H2. The first-order valence-electron chi connectivity index (χ1n) is 5.00. The molecular formula is C11H10ClNO4. The molecule has 0 aliphatic carbocycles. The number of hydrogen-bond acceptors (Lipinski definition) is 5. The molecule has 1 fully saturated rings.